The second-order valence-corrected chi connectivity index (χ2v) is 5.60. The molecule has 1 aromatic rings. The Bertz CT molecular complexity index is 715. The number of carbonyl (C=O) groups excluding carboxylic acids is 2. The molecule has 0 radical (unpaired) electrons. The lowest BCUT2D eigenvalue weighted by atomic mass is 10.1. The Morgan fingerprint density at radius 3 is 2.64 bits per heavy atom. The third-order valence-electron chi connectivity index (χ3n) is 3.30. The van der Waals surface area contributed by atoms with E-state index >= 15 is 0 Å². The van der Waals surface area contributed by atoms with E-state index in [1.54, 1.807) is 26.8 Å². The maximum atomic E-state index is 12.4. The highest BCUT2D eigenvalue weighted by Crippen LogP contribution is 2.34. The molecule has 0 bridgehead atoms. The summed E-state index contributed by atoms with van der Waals surface area (Å²) in [4.78, 5) is 25.6. The Labute approximate surface area is 133 Å². The van der Waals surface area contributed by atoms with Crippen molar-refractivity contribution in [2.75, 3.05) is 4.90 Å². The predicted molar refractivity (Wildman–Crippen MR) is 82.6 cm³/mol. The van der Waals surface area contributed by atoms with E-state index in [0.717, 1.165) is 10.5 Å². The zero-order valence-electron chi connectivity index (χ0n) is 12.5. The SMILES string of the molecule is CC(C)=C1CC(=O)N(c2ccc(Cl)c(OC(C)C#N)c2)C1=O. The van der Waals surface area contributed by atoms with Crippen molar-refractivity contribution in [2.45, 2.75) is 33.3 Å². The van der Waals surface area contributed by atoms with Crippen LogP contribution in [0.25, 0.3) is 0 Å². The number of nitrogens with zero attached hydrogens (tertiary/aromatic N) is 2. The van der Waals surface area contributed by atoms with Crippen LogP contribution in [0.3, 0.4) is 0 Å². The number of hydrogen-bond acceptors (Lipinski definition) is 4. The van der Waals surface area contributed by atoms with Gasteiger partial charge in [-0.25, -0.2) is 4.90 Å². The number of allylic oxidation sites excluding steroid dienone is 1. The van der Waals surface area contributed by atoms with Gasteiger partial charge >= 0.3 is 0 Å². The molecular formula is C16H15ClN2O3. The second-order valence-electron chi connectivity index (χ2n) is 5.19. The molecule has 1 saturated heterocycles. The van der Waals surface area contributed by atoms with Crippen molar-refractivity contribution in [2.24, 2.45) is 0 Å². The maximum absolute atomic E-state index is 12.4. The van der Waals surface area contributed by atoms with E-state index in [9.17, 15) is 9.59 Å². The number of halogens is 1. The molecule has 1 unspecified atom stereocenters. The Hall–Kier alpha value is -2.32. The normalized spacial score (nSPS) is 15.8. The second kappa shape index (κ2) is 6.20. The van der Waals surface area contributed by atoms with Crippen LogP contribution in [0, 0.1) is 11.3 Å². The van der Waals surface area contributed by atoms with Crippen LogP contribution >= 0.6 is 11.6 Å². The molecule has 0 aromatic heterocycles. The van der Waals surface area contributed by atoms with E-state index in [2.05, 4.69) is 0 Å². The third kappa shape index (κ3) is 2.97. The molecule has 0 saturated carbocycles. The molecule has 1 atom stereocenters. The number of benzene rings is 1. The number of hydrogen-bond donors (Lipinski definition) is 0. The van der Waals surface area contributed by atoms with Gasteiger partial charge in [0.2, 0.25) is 5.91 Å². The average Bonchev–Trinajstić information content (AvgIpc) is 2.76. The summed E-state index contributed by atoms with van der Waals surface area (Å²) in [5, 5.41) is 9.12. The predicted octanol–water partition coefficient (Wildman–Crippen LogP) is 3.23. The summed E-state index contributed by atoms with van der Waals surface area (Å²) in [7, 11) is 0. The van der Waals surface area contributed by atoms with Crippen molar-refractivity contribution in [3.8, 4) is 11.8 Å². The number of imide groups is 1. The van der Waals surface area contributed by atoms with Crippen LogP contribution in [0.1, 0.15) is 27.2 Å². The minimum atomic E-state index is -0.689. The summed E-state index contributed by atoms with van der Waals surface area (Å²) >= 11 is 6.02. The number of ether oxygens (including phenoxy) is 1. The van der Waals surface area contributed by atoms with Crippen molar-refractivity contribution in [3.63, 3.8) is 0 Å². The van der Waals surface area contributed by atoms with E-state index in [0.29, 0.717) is 16.3 Å². The lowest BCUT2D eigenvalue weighted by molar-refractivity contribution is -0.120. The smallest absolute Gasteiger partial charge is 0.261 e. The van der Waals surface area contributed by atoms with Gasteiger partial charge in [0.1, 0.15) is 11.8 Å². The van der Waals surface area contributed by atoms with Crippen molar-refractivity contribution in [1.82, 2.24) is 0 Å². The topological polar surface area (TPSA) is 70.4 Å². The fraction of sp³-hybridized carbons (Fsp3) is 0.312. The van der Waals surface area contributed by atoms with Crippen LogP contribution in [-0.2, 0) is 9.59 Å². The van der Waals surface area contributed by atoms with E-state index in [1.165, 1.54) is 12.1 Å². The number of nitriles is 1. The van der Waals surface area contributed by atoms with Crippen molar-refractivity contribution in [3.05, 3.63) is 34.4 Å². The molecule has 1 aliphatic heterocycles. The van der Waals surface area contributed by atoms with Gasteiger partial charge in [-0.15, -0.1) is 0 Å². The monoisotopic (exact) mass is 318 g/mol. The molecule has 22 heavy (non-hydrogen) atoms. The molecule has 2 rings (SSSR count). The van der Waals surface area contributed by atoms with E-state index in [1.807, 2.05) is 6.07 Å². The van der Waals surface area contributed by atoms with Crippen molar-refractivity contribution >= 4 is 29.1 Å². The molecule has 0 N–H and O–H groups in total. The minimum Gasteiger partial charge on any atom is -0.474 e. The van der Waals surface area contributed by atoms with Gasteiger partial charge in [-0.3, -0.25) is 9.59 Å². The van der Waals surface area contributed by atoms with Gasteiger partial charge in [-0.05, 0) is 32.9 Å². The summed E-state index contributed by atoms with van der Waals surface area (Å²) in [6.07, 6.45) is -0.597. The third-order valence-corrected chi connectivity index (χ3v) is 3.61. The first-order valence-electron chi connectivity index (χ1n) is 6.74. The molecule has 1 aromatic carbocycles. The largest absolute Gasteiger partial charge is 0.474 e. The zero-order valence-corrected chi connectivity index (χ0v) is 13.3. The first-order valence-corrected chi connectivity index (χ1v) is 7.12. The van der Waals surface area contributed by atoms with Crippen molar-refractivity contribution < 1.29 is 14.3 Å². The summed E-state index contributed by atoms with van der Waals surface area (Å²) in [6.45, 7) is 5.18. The summed E-state index contributed by atoms with van der Waals surface area (Å²) < 4.78 is 5.38. The molecule has 0 aliphatic carbocycles. The fourth-order valence-corrected chi connectivity index (χ4v) is 2.31. The van der Waals surface area contributed by atoms with Gasteiger partial charge in [0.15, 0.2) is 6.10 Å². The molecule has 2 amide bonds. The van der Waals surface area contributed by atoms with Crippen LogP contribution < -0.4 is 9.64 Å². The summed E-state index contributed by atoms with van der Waals surface area (Å²) in [6, 6.07) is 6.55. The number of carbonyl (C=O) groups is 2. The maximum Gasteiger partial charge on any atom is 0.261 e. The molecule has 5 nitrogen and oxygen atoms in total. The number of rotatable bonds is 3. The van der Waals surface area contributed by atoms with Crippen molar-refractivity contribution in [1.29, 1.82) is 5.26 Å². The van der Waals surface area contributed by atoms with Gasteiger partial charge in [-0.1, -0.05) is 17.2 Å². The van der Waals surface area contributed by atoms with Gasteiger partial charge in [0.05, 0.1) is 17.1 Å². The van der Waals surface area contributed by atoms with Crippen LogP contribution in [-0.4, -0.2) is 17.9 Å². The molecule has 114 valence electrons. The summed E-state index contributed by atoms with van der Waals surface area (Å²) in [5.41, 5.74) is 1.72. The van der Waals surface area contributed by atoms with E-state index < -0.39 is 6.10 Å². The van der Waals surface area contributed by atoms with Gasteiger partial charge in [-0.2, -0.15) is 5.26 Å². The molecule has 1 fully saturated rings. The average molecular weight is 319 g/mol. The molecule has 1 heterocycles. The fourth-order valence-electron chi connectivity index (χ4n) is 2.14. The molecule has 1 aliphatic rings. The Balaban J connectivity index is 2.40. The highest BCUT2D eigenvalue weighted by atomic mass is 35.5. The van der Waals surface area contributed by atoms with E-state index in [4.69, 9.17) is 21.6 Å². The molecule has 0 spiro atoms. The zero-order chi connectivity index (χ0) is 16.4. The number of amides is 2. The van der Waals surface area contributed by atoms with Crippen LogP contribution in [0.4, 0.5) is 5.69 Å². The van der Waals surface area contributed by atoms with E-state index in [-0.39, 0.29) is 24.0 Å². The Morgan fingerprint density at radius 1 is 1.41 bits per heavy atom. The Morgan fingerprint density at radius 2 is 2.09 bits per heavy atom. The van der Waals surface area contributed by atoms with Gasteiger partial charge in [0.25, 0.3) is 5.91 Å². The van der Waals surface area contributed by atoms with Crippen LogP contribution in [0.2, 0.25) is 5.02 Å². The molecular weight excluding hydrogens is 304 g/mol. The minimum absolute atomic E-state index is 0.0918. The highest BCUT2D eigenvalue weighted by molar-refractivity contribution is 6.32. The first kappa shape index (κ1) is 16.1. The standard InChI is InChI=1S/C16H15ClN2O3/c1-9(2)12-7-15(20)19(16(12)21)11-4-5-13(17)14(6-11)22-10(3)8-18/h4-6,10H,7H2,1-3H3. The lowest BCUT2D eigenvalue weighted by Crippen LogP contribution is -2.29. The highest BCUT2D eigenvalue weighted by Gasteiger charge is 2.35. The quantitative estimate of drug-likeness (QED) is 0.633. The van der Waals surface area contributed by atoms with Gasteiger partial charge in [0, 0.05) is 11.6 Å². The van der Waals surface area contributed by atoms with Gasteiger partial charge < -0.3 is 4.74 Å². The first-order chi connectivity index (χ1) is 10.3. The lowest BCUT2D eigenvalue weighted by Gasteiger charge is -2.16. The van der Waals surface area contributed by atoms with Crippen LogP contribution in [0.15, 0.2) is 29.3 Å². The summed E-state index contributed by atoms with van der Waals surface area (Å²) in [5.74, 6) is -0.353. The van der Waals surface area contributed by atoms with Crippen LogP contribution in [0.5, 0.6) is 5.75 Å². The Kier molecular flexibility index (Phi) is 4.53. The molecule has 6 heteroatoms. The number of anilines is 1.